The summed E-state index contributed by atoms with van der Waals surface area (Å²) in [6.45, 7) is 0. The third kappa shape index (κ3) is 3.03. The first-order valence-electron chi connectivity index (χ1n) is 5.33. The second kappa shape index (κ2) is 5.13. The summed E-state index contributed by atoms with van der Waals surface area (Å²) >= 11 is 0. The molecule has 2 rings (SSSR count). The van der Waals surface area contributed by atoms with Gasteiger partial charge in [-0.2, -0.15) is 0 Å². The lowest BCUT2D eigenvalue weighted by Crippen LogP contribution is -2.12. The van der Waals surface area contributed by atoms with Crippen molar-refractivity contribution in [3.8, 4) is 0 Å². The predicted molar refractivity (Wildman–Crippen MR) is 69.7 cm³/mol. The second-order valence-electron chi connectivity index (χ2n) is 3.73. The molecule has 0 saturated heterocycles. The molecule has 1 aromatic carbocycles. The van der Waals surface area contributed by atoms with Crippen LogP contribution in [0.15, 0.2) is 42.6 Å². The molecular weight excluding hydrogens is 248 g/mol. The van der Waals surface area contributed by atoms with Gasteiger partial charge in [0.2, 0.25) is 0 Å². The molecule has 0 fully saturated rings. The molecule has 1 aromatic heterocycles. The number of non-ortho nitro benzene ring substituents is 1. The molecule has 2 aromatic rings. The predicted octanol–water partition coefficient (Wildman–Crippen LogP) is 1.82. The van der Waals surface area contributed by atoms with E-state index in [-0.39, 0.29) is 5.69 Å². The highest BCUT2D eigenvalue weighted by Gasteiger charge is 2.09. The maximum atomic E-state index is 11.8. The van der Waals surface area contributed by atoms with E-state index in [1.54, 1.807) is 6.07 Å². The van der Waals surface area contributed by atoms with E-state index in [1.807, 2.05) is 0 Å². The Morgan fingerprint density at radius 3 is 2.74 bits per heavy atom. The van der Waals surface area contributed by atoms with Crippen LogP contribution in [0.4, 0.5) is 17.2 Å². The van der Waals surface area contributed by atoms with Crippen molar-refractivity contribution >= 4 is 23.1 Å². The molecular formula is C12H10N4O3. The van der Waals surface area contributed by atoms with Crippen molar-refractivity contribution in [3.63, 3.8) is 0 Å². The number of nitro groups is 1. The molecule has 7 heteroatoms. The van der Waals surface area contributed by atoms with E-state index in [9.17, 15) is 14.9 Å². The number of carbonyl (C=O) groups is 1. The molecule has 0 saturated carbocycles. The summed E-state index contributed by atoms with van der Waals surface area (Å²) in [6, 6.07) is 8.71. The van der Waals surface area contributed by atoms with Crippen LogP contribution in [0.5, 0.6) is 0 Å². The molecule has 0 radical (unpaired) electrons. The molecule has 1 amide bonds. The third-order valence-electron chi connectivity index (χ3n) is 2.36. The number of rotatable bonds is 3. The number of nitrogens with two attached hydrogens (primary N) is 1. The average molecular weight is 258 g/mol. The van der Waals surface area contributed by atoms with Crippen LogP contribution in [0.2, 0.25) is 0 Å². The van der Waals surface area contributed by atoms with E-state index in [0.717, 1.165) is 0 Å². The van der Waals surface area contributed by atoms with Crippen LogP contribution in [-0.4, -0.2) is 15.8 Å². The first-order valence-corrected chi connectivity index (χ1v) is 5.33. The minimum atomic E-state index is -0.527. The average Bonchev–Trinajstić information content (AvgIpc) is 2.39. The van der Waals surface area contributed by atoms with Crippen LogP contribution in [0.1, 0.15) is 10.4 Å². The number of nitrogen functional groups attached to an aromatic ring is 1. The first kappa shape index (κ1) is 12.5. The van der Waals surface area contributed by atoms with Crippen LogP contribution < -0.4 is 11.1 Å². The van der Waals surface area contributed by atoms with Gasteiger partial charge in [0.25, 0.3) is 11.6 Å². The number of nitrogens with one attached hydrogen (secondary N) is 1. The van der Waals surface area contributed by atoms with Gasteiger partial charge in [0, 0.05) is 24.0 Å². The largest absolute Gasteiger partial charge is 0.384 e. The van der Waals surface area contributed by atoms with Gasteiger partial charge in [-0.3, -0.25) is 14.9 Å². The van der Waals surface area contributed by atoms with Crippen molar-refractivity contribution in [1.29, 1.82) is 0 Å². The van der Waals surface area contributed by atoms with Gasteiger partial charge in [-0.15, -0.1) is 0 Å². The number of amides is 1. The molecule has 0 aliphatic rings. The normalized spacial score (nSPS) is 9.89. The van der Waals surface area contributed by atoms with Crippen LogP contribution in [0.3, 0.4) is 0 Å². The monoisotopic (exact) mass is 258 g/mol. The molecule has 0 unspecified atom stereocenters. The van der Waals surface area contributed by atoms with Crippen molar-refractivity contribution in [2.45, 2.75) is 0 Å². The Morgan fingerprint density at radius 2 is 2.11 bits per heavy atom. The van der Waals surface area contributed by atoms with Gasteiger partial charge < -0.3 is 11.1 Å². The van der Waals surface area contributed by atoms with Crippen molar-refractivity contribution in [3.05, 3.63) is 58.3 Å². The van der Waals surface area contributed by atoms with E-state index in [1.165, 1.54) is 36.5 Å². The molecule has 0 bridgehead atoms. The highest BCUT2D eigenvalue weighted by atomic mass is 16.6. The van der Waals surface area contributed by atoms with Gasteiger partial charge in [-0.25, -0.2) is 4.98 Å². The first-order chi connectivity index (χ1) is 9.06. The van der Waals surface area contributed by atoms with E-state index in [2.05, 4.69) is 10.3 Å². The minimum absolute atomic E-state index is 0.0896. The molecule has 0 atom stereocenters. The Hall–Kier alpha value is -2.96. The topological polar surface area (TPSA) is 111 Å². The Kier molecular flexibility index (Phi) is 3.37. The number of nitrogens with zero attached hydrogens (tertiary/aromatic N) is 2. The van der Waals surface area contributed by atoms with Crippen molar-refractivity contribution in [1.82, 2.24) is 4.98 Å². The van der Waals surface area contributed by atoms with E-state index in [4.69, 9.17) is 5.73 Å². The quantitative estimate of drug-likeness (QED) is 0.644. The molecule has 0 aliphatic carbocycles. The third-order valence-corrected chi connectivity index (χ3v) is 2.36. The summed E-state index contributed by atoms with van der Waals surface area (Å²) in [5, 5.41) is 13.2. The number of hydrogen-bond donors (Lipinski definition) is 2. The summed E-state index contributed by atoms with van der Waals surface area (Å²) in [6.07, 6.45) is 1.34. The zero-order valence-corrected chi connectivity index (χ0v) is 9.74. The number of nitro benzene ring substituents is 1. The fourth-order valence-corrected chi connectivity index (χ4v) is 1.44. The Balaban J connectivity index is 2.17. The fourth-order valence-electron chi connectivity index (χ4n) is 1.44. The second-order valence-corrected chi connectivity index (χ2v) is 3.73. The Labute approximate surface area is 108 Å². The Morgan fingerprint density at radius 1 is 1.32 bits per heavy atom. The van der Waals surface area contributed by atoms with Gasteiger partial charge in [0.15, 0.2) is 0 Å². The number of pyridine rings is 1. The van der Waals surface area contributed by atoms with Gasteiger partial charge in [0.05, 0.1) is 10.5 Å². The van der Waals surface area contributed by atoms with Gasteiger partial charge in [0.1, 0.15) is 5.82 Å². The van der Waals surface area contributed by atoms with Crippen molar-refractivity contribution in [2.75, 3.05) is 11.1 Å². The number of anilines is 2. The maximum absolute atomic E-state index is 11.8. The van der Waals surface area contributed by atoms with Gasteiger partial charge >= 0.3 is 0 Å². The van der Waals surface area contributed by atoms with E-state index < -0.39 is 10.8 Å². The molecule has 7 nitrogen and oxygen atoms in total. The standard InChI is InChI=1S/C12H10N4O3/c13-11-5-4-8(7-14-11)12(17)15-9-2-1-3-10(6-9)16(18)19/h1-7H,(H2,13,14)(H,15,17). The lowest BCUT2D eigenvalue weighted by Gasteiger charge is -2.04. The highest BCUT2D eigenvalue weighted by molar-refractivity contribution is 6.04. The zero-order valence-electron chi connectivity index (χ0n) is 9.74. The molecule has 0 aliphatic heterocycles. The maximum Gasteiger partial charge on any atom is 0.271 e. The number of carbonyl (C=O) groups excluding carboxylic acids is 1. The van der Waals surface area contributed by atoms with Crippen molar-refractivity contribution in [2.24, 2.45) is 0 Å². The van der Waals surface area contributed by atoms with Gasteiger partial charge in [-0.05, 0) is 18.2 Å². The summed E-state index contributed by atoms with van der Waals surface area (Å²) in [7, 11) is 0. The molecule has 19 heavy (non-hydrogen) atoms. The zero-order chi connectivity index (χ0) is 13.8. The summed E-state index contributed by atoms with van der Waals surface area (Å²) in [4.78, 5) is 25.7. The number of benzene rings is 1. The van der Waals surface area contributed by atoms with Crippen LogP contribution in [-0.2, 0) is 0 Å². The summed E-state index contributed by atoms with van der Waals surface area (Å²) in [5.74, 6) is -0.0973. The lowest BCUT2D eigenvalue weighted by atomic mass is 10.2. The van der Waals surface area contributed by atoms with E-state index in [0.29, 0.717) is 17.1 Å². The van der Waals surface area contributed by atoms with Crippen LogP contribution in [0.25, 0.3) is 0 Å². The SMILES string of the molecule is Nc1ccc(C(=O)Nc2cccc([N+](=O)[O-])c2)cn1. The summed E-state index contributed by atoms with van der Waals surface area (Å²) in [5.41, 5.74) is 5.99. The molecule has 96 valence electrons. The summed E-state index contributed by atoms with van der Waals surface area (Å²) < 4.78 is 0. The number of hydrogen-bond acceptors (Lipinski definition) is 5. The Bertz CT molecular complexity index is 625. The fraction of sp³-hybridized carbons (Fsp3) is 0. The highest BCUT2D eigenvalue weighted by Crippen LogP contribution is 2.17. The van der Waals surface area contributed by atoms with Crippen LogP contribution >= 0.6 is 0 Å². The smallest absolute Gasteiger partial charge is 0.271 e. The molecule has 3 N–H and O–H groups in total. The van der Waals surface area contributed by atoms with Gasteiger partial charge in [-0.1, -0.05) is 6.07 Å². The van der Waals surface area contributed by atoms with E-state index >= 15 is 0 Å². The number of aromatic nitrogens is 1. The van der Waals surface area contributed by atoms with Crippen LogP contribution in [0, 0.1) is 10.1 Å². The van der Waals surface area contributed by atoms with Crippen molar-refractivity contribution < 1.29 is 9.72 Å². The lowest BCUT2D eigenvalue weighted by molar-refractivity contribution is -0.384. The molecule has 0 spiro atoms. The minimum Gasteiger partial charge on any atom is -0.384 e. The molecule has 1 heterocycles.